The highest BCUT2D eigenvalue weighted by atomic mass is 127. The quantitative estimate of drug-likeness (QED) is 0.841. The Bertz CT molecular complexity index is 582. The maximum Gasteiger partial charge on any atom is 0.0485 e. The first-order chi connectivity index (χ1) is 9.31. The van der Waals surface area contributed by atoms with E-state index in [0.29, 0.717) is 12.0 Å². The number of benzene rings is 1. The van der Waals surface area contributed by atoms with Crippen LogP contribution in [0.25, 0.3) is 0 Å². The molecule has 3 heteroatoms. The maximum atomic E-state index is 4.62. The van der Waals surface area contributed by atoms with Crippen LogP contribution in [0, 0.1) is 3.57 Å². The summed E-state index contributed by atoms with van der Waals surface area (Å²) in [6, 6.07) is 13.2. The fraction of sp³-hybridized carbons (Fsp3) is 0.312. The summed E-state index contributed by atoms with van der Waals surface area (Å²) in [6.45, 7) is 0. The van der Waals surface area contributed by atoms with Gasteiger partial charge in [-0.05, 0) is 65.7 Å². The summed E-state index contributed by atoms with van der Waals surface area (Å²) >= 11 is 2.42. The Morgan fingerprint density at radius 3 is 2.89 bits per heavy atom. The van der Waals surface area contributed by atoms with Gasteiger partial charge in [-0.2, -0.15) is 0 Å². The summed E-state index contributed by atoms with van der Waals surface area (Å²) in [4.78, 5) is 4.62. The number of aryl methyl sites for hydroxylation is 1. The van der Waals surface area contributed by atoms with E-state index in [1.807, 2.05) is 12.3 Å². The van der Waals surface area contributed by atoms with E-state index in [-0.39, 0.29) is 0 Å². The lowest BCUT2D eigenvalue weighted by Gasteiger charge is -2.24. The van der Waals surface area contributed by atoms with Gasteiger partial charge in [-0.25, -0.2) is 0 Å². The molecule has 3 rings (SSSR count). The molecule has 1 aliphatic rings. The Labute approximate surface area is 127 Å². The SMILES string of the molecule is CNC(c1ccccc1I)C1CCc2cccnc21. The van der Waals surface area contributed by atoms with Gasteiger partial charge in [0.25, 0.3) is 0 Å². The Morgan fingerprint density at radius 2 is 2.11 bits per heavy atom. The first kappa shape index (κ1) is 13.1. The van der Waals surface area contributed by atoms with Crippen LogP contribution in [0.15, 0.2) is 42.6 Å². The van der Waals surface area contributed by atoms with Crippen molar-refractivity contribution in [2.24, 2.45) is 0 Å². The van der Waals surface area contributed by atoms with E-state index in [2.05, 4.69) is 70.3 Å². The molecule has 1 aromatic heterocycles. The van der Waals surface area contributed by atoms with E-state index in [1.165, 1.54) is 26.8 Å². The largest absolute Gasteiger partial charge is 0.312 e. The lowest BCUT2D eigenvalue weighted by atomic mass is 9.91. The molecule has 0 amide bonds. The number of aromatic nitrogens is 1. The number of nitrogens with one attached hydrogen (secondary N) is 1. The highest BCUT2D eigenvalue weighted by Crippen LogP contribution is 2.41. The zero-order chi connectivity index (χ0) is 13.2. The molecule has 1 N–H and O–H groups in total. The molecular weight excluding hydrogens is 347 g/mol. The van der Waals surface area contributed by atoms with Crippen molar-refractivity contribution in [2.75, 3.05) is 7.05 Å². The van der Waals surface area contributed by atoms with Gasteiger partial charge < -0.3 is 5.32 Å². The lowest BCUT2D eigenvalue weighted by Crippen LogP contribution is -2.24. The molecule has 1 aliphatic carbocycles. The fourth-order valence-corrected chi connectivity index (χ4v) is 3.79. The zero-order valence-corrected chi connectivity index (χ0v) is 13.1. The minimum Gasteiger partial charge on any atom is -0.312 e. The Balaban J connectivity index is 1.99. The number of hydrogen-bond acceptors (Lipinski definition) is 2. The average Bonchev–Trinajstić information content (AvgIpc) is 2.86. The smallest absolute Gasteiger partial charge is 0.0485 e. The lowest BCUT2D eigenvalue weighted by molar-refractivity contribution is 0.468. The molecule has 98 valence electrons. The molecule has 0 saturated heterocycles. The summed E-state index contributed by atoms with van der Waals surface area (Å²) in [5.41, 5.74) is 4.08. The Morgan fingerprint density at radius 1 is 1.26 bits per heavy atom. The van der Waals surface area contributed by atoms with Crippen molar-refractivity contribution in [1.29, 1.82) is 0 Å². The van der Waals surface area contributed by atoms with Crippen LogP contribution in [0.5, 0.6) is 0 Å². The van der Waals surface area contributed by atoms with Gasteiger partial charge in [-0.3, -0.25) is 4.98 Å². The van der Waals surface area contributed by atoms with Gasteiger partial charge in [0, 0.05) is 27.4 Å². The summed E-state index contributed by atoms with van der Waals surface area (Å²) in [5, 5.41) is 3.50. The number of halogens is 1. The van der Waals surface area contributed by atoms with Crippen LogP contribution in [0.4, 0.5) is 0 Å². The molecule has 1 aromatic carbocycles. The van der Waals surface area contributed by atoms with Crippen LogP contribution in [0.3, 0.4) is 0 Å². The topological polar surface area (TPSA) is 24.9 Å². The van der Waals surface area contributed by atoms with Gasteiger partial charge in [0.05, 0.1) is 0 Å². The third kappa shape index (κ3) is 2.41. The number of rotatable bonds is 3. The molecule has 0 bridgehead atoms. The van der Waals surface area contributed by atoms with Crippen LogP contribution in [-0.2, 0) is 6.42 Å². The van der Waals surface area contributed by atoms with Crippen molar-refractivity contribution in [3.05, 3.63) is 63.0 Å². The second-order valence-electron chi connectivity index (χ2n) is 4.98. The minimum atomic E-state index is 0.351. The molecule has 0 radical (unpaired) electrons. The van der Waals surface area contributed by atoms with E-state index in [4.69, 9.17) is 0 Å². The normalized spacial score (nSPS) is 19.2. The summed E-state index contributed by atoms with van der Waals surface area (Å²) < 4.78 is 1.32. The van der Waals surface area contributed by atoms with Crippen LogP contribution >= 0.6 is 22.6 Å². The Kier molecular flexibility index (Phi) is 3.84. The van der Waals surface area contributed by atoms with Crippen molar-refractivity contribution in [1.82, 2.24) is 10.3 Å². The first-order valence-corrected chi connectivity index (χ1v) is 7.74. The average molecular weight is 364 g/mol. The molecule has 0 saturated carbocycles. The number of nitrogens with zero attached hydrogens (tertiary/aromatic N) is 1. The molecule has 1 heterocycles. The van der Waals surface area contributed by atoms with E-state index < -0.39 is 0 Å². The number of fused-ring (bicyclic) bond motifs is 1. The van der Waals surface area contributed by atoms with Crippen LogP contribution in [0.1, 0.15) is 35.2 Å². The molecule has 2 aromatic rings. The van der Waals surface area contributed by atoms with Crippen molar-refractivity contribution >= 4 is 22.6 Å². The monoisotopic (exact) mass is 364 g/mol. The molecular formula is C16H17IN2. The molecule has 19 heavy (non-hydrogen) atoms. The van der Waals surface area contributed by atoms with Crippen molar-refractivity contribution in [3.8, 4) is 0 Å². The molecule has 2 atom stereocenters. The van der Waals surface area contributed by atoms with Crippen LogP contribution in [0.2, 0.25) is 0 Å². The standard InChI is InChI=1S/C16H17IN2/c1-18-16(12-6-2-3-7-14(12)17)13-9-8-11-5-4-10-19-15(11)13/h2-7,10,13,16,18H,8-9H2,1H3. The van der Waals surface area contributed by atoms with E-state index in [0.717, 1.165) is 6.42 Å². The third-order valence-corrected chi connectivity index (χ3v) is 4.94. The van der Waals surface area contributed by atoms with Crippen LogP contribution < -0.4 is 5.32 Å². The van der Waals surface area contributed by atoms with Crippen molar-refractivity contribution < 1.29 is 0 Å². The van der Waals surface area contributed by atoms with Gasteiger partial charge >= 0.3 is 0 Å². The predicted octanol–water partition coefficient (Wildman–Crippen LogP) is 3.68. The predicted molar refractivity (Wildman–Crippen MR) is 86.3 cm³/mol. The highest BCUT2D eigenvalue weighted by molar-refractivity contribution is 14.1. The highest BCUT2D eigenvalue weighted by Gasteiger charge is 2.31. The first-order valence-electron chi connectivity index (χ1n) is 6.66. The van der Waals surface area contributed by atoms with E-state index >= 15 is 0 Å². The van der Waals surface area contributed by atoms with Gasteiger partial charge in [-0.15, -0.1) is 0 Å². The Hall–Kier alpha value is -0.940. The molecule has 0 fully saturated rings. The van der Waals surface area contributed by atoms with Crippen LogP contribution in [-0.4, -0.2) is 12.0 Å². The number of hydrogen-bond donors (Lipinski definition) is 1. The van der Waals surface area contributed by atoms with Crippen molar-refractivity contribution in [2.45, 2.75) is 24.8 Å². The van der Waals surface area contributed by atoms with Gasteiger partial charge in [0.1, 0.15) is 0 Å². The van der Waals surface area contributed by atoms with Gasteiger partial charge in [0.2, 0.25) is 0 Å². The second-order valence-corrected chi connectivity index (χ2v) is 6.14. The summed E-state index contributed by atoms with van der Waals surface area (Å²) in [6.07, 6.45) is 4.25. The van der Waals surface area contributed by atoms with E-state index in [9.17, 15) is 0 Å². The summed E-state index contributed by atoms with van der Waals surface area (Å²) in [5.74, 6) is 0.483. The van der Waals surface area contributed by atoms with Gasteiger partial charge in [-0.1, -0.05) is 24.3 Å². The molecule has 2 nitrogen and oxygen atoms in total. The number of likely N-dealkylation sites (N-methyl/N-ethyl adjacent to an activating group) is 1. The minimum absolute atomic E-state index is 0.351. The van der Waals surface area contributed by atoms with E-state index in [1.54, 1.807) is 0 Å². The third-order valence-electron chi connectivity index (χ3n) is 3.96. The number of pyridine rings is 1. The molecule has 2 unspecified atom stereocenters. The molecule has 0 aliphatic heterocycles. The summed E-state index contributed by atoms with van der Waals surface area (Å²) in [7, 11) is 2.05. The van der Waals surface area contributed by atoms with Crippen molar-refractivity contribution in [3.63, 3.8) is 0 Å². The van der Waals surface area contributed by atoms with Gasteiger partial charge in [0.15, 0.2) is 0 Å². The zero-order valence-electron chi connectivity index (χ0n) is 10.9. The maximum absolute atomic E-state index is 4.62. The second kappa shape index (κ2) is 5.59. The molecule has 0 spiro atoms. The fourth-order valence-electron chi connectivity index (χ4n) is 3.07.